The lowest BCUT2D eigenvalue weighted by molar-refractivity contribution is 0.204. The van der Waals surface area contributed by atoms with Crippen LogP contribution >= 0.6 is 17.0 Å². The number of amides is 2. The zero-order valence-corrected chi connectivity index (χ0v) is 10.9. The summed E-state index contributed by atoms with van der Waals surface area (Å²) in [6.45, 7) is 2.23. The Morgan fingerprint density at radius 3 is 3.12 bits per heavy atom. The molecule has 17 heavy (non-hydrogen) atoms. The van der Waals surface area contributed by atoms with Crippen molar-refractivity contribution in [2.75, 3.05) is 6.54 Å². The second-order valence-corrected chi connectivity index (χ2v) is 3.35. The number of hydrogen-bond acceptors (Lipinski definition) is 4. The predicted octanol–water partition coefficient (Wildman–Crippen LogP) is 1.39. The summed E-state index contributed by atoms with van der Waals surface area (Å²) in [6.07, 6.45) is 4.94. The highest BCUT2D eigenvalue weighted by atomic mass is 79.9. The van der Waals surface area contributed by atoms with Gasteiger partial charge in [-0.25, -0.2) is 15.2 Å². The summed E-state index contributed by atoms with van der Waals surface area (Å²) in [7, 11) is 0. The molecule has 7 heteroatoms. The third kappa shape index (κ3) is 3.63. The number of nitrogens with one attached hydrogen (secondary N) is 1. The molecule has 1 aliphatic heterocycles. The Labute approximate surface area is 109 Å². The van der Waals surface area contributed by atoms with Crippen LogP contribution in [0.2, 0.25) is 0 Å². The Bertz CT molecular complexity index is 445. The maximum absolute atomic E-state index is 11.3. The van der Waals surface area contributed by atoms with E-state index in [9.17, 15) is 4.79 Å². The van der Waals surface area contributed by atoms with Crippen LogP contribution in [0.15, 0.2) is 34.7 Å². The van der Waals surface area contributed by atoms with Crippen molar-refractivity contribution in [1.82, 2.24) is 15.4 Å². The number of hydrogen-bond donors (Lipinski definition) is 1. The van der Waals surface area contributed by atoms with Gasteiger partial charge in [0.25, 0.3) is 0 Å². The fourth-order valence-electron chi connectivity index (χ4n) is 1.21. The van der Waals surface area contributed by atoms with Gasteiger partial charge in [-0.2, -0.15) is 10.2 Å². The average molecular weight is 298 g/mol. The molecule has 2 heterocycles. The minimum absolute atomic E-state index is 0. The van der Waals surface area contributed by atoms with E-state index in [2.05, 4.69) is 20.6 Å². The number of carbonyl (C=O) groups excluding carboxylic acids is 1. The van der Waals surface area contributed by atoms with Gasteiger partial charge in [0.2, 0.25) is 0 Å². The Hall–Kier alpha value is -1.76. The molecule has 0 unspecified atom stereocenters. The molecule has 2 amide bonds. The van der Waals surface area contributed by atoms with E-state index < -0.39 is 0 Å². The maximum atomic E-state index is 11.3. The van der Waals surface area contributed by atoms with E-state index in [1.807, 2.05) is 19.1 Å². The summed E-state index contributed by atoms with van der Waals surface area (Å²) in [5.74, 6) is 0. The highest BCUT2D eigenvalue weighted by molar-refractivity contribution is 8.93. The number of urea groups is 1. The summed E-state index contributed by atoms with van der Waals surface area (Å²) in [5.41, 5.74) is 4.02. The van der Waals surface area contributed by atoms with Crippen LogP contribution in [0.3, 0.4) is 0 Å². The van der Waals surface area contributed by atoms with Gasteiger partial charge in [-0.05, 0) is 13.0 Å². The second kappa shape index (κ2) is 6.09. The van der Waals surface area contributed by atoms with Crippen LogP contribution in [0.25, 0.3) is 0 Å². The Morgan fingerprint density at radius 1 is 1.59 bits per heavy atom. The van der Waals surface area contributed by atoms with Gasteiger partial charge in [0, 0.05) is 18.0 Å². The minimum Gasteiger partial charge on any atom is -0.264 e. The summed E-state index contributed by atoms with van der Waals surface area (Å²) in [6, 6.07) is 3.34. The van der Waals surface area contributed by atoms with Crippen LogP contribution in [0.5, 0.6) is 0 Å². The van der Waals surface area contributed by atoms with Gasteiger partial charge in [0.05, 0.1) is 18.5 Å². The quantitative estimate of drug-likeness (QED) is 0.838. The number of nitrogens with zero attached hydrogens (tertiary/aromatic N) is 4. The molecule has 0 atom stereocenters. The first-order valence-corrected chi connectivity index (χ1v) is 4.80. The van der Waals surface area contributed by atoms with Crippen LogP contribution in [0.1, 0.15) is 12.5 Å². The largest absolute Gasteiger partial charge is 0.358 e. The van der Waals surface area contributed by atoms with Gasteiger partial charge in [-0.15, -0.1) is 17.0 Å². The molecule has 2 rings (SSSR count). The van der Waals surface area contributed by atoms with E-state index in [0.29, 0.717) is 6.54 Å². The van der Waals surface area contributed by atoms with Crippen molar-refractivity contribution in [1.29, 1.82) is 0 Å². The summed E-state index contributed by atoms with van der Waals surface area (Å²) < 4.78 is 0. The molecule has 0 radical (unpaired) electrons. The molecule has 1 aromatic rings. The van der Waals surface area contributed by atoms with Crippen molar-refractivity contribution in [2.45, 2.75) is 6.92 Å². The molecule has 0 fully saturated rings. The molecule has 0 saturated carbocycles. The molecule has 1 aliphatic rings. The number of halogens is 1. The lowest BCUT2D eigenvalue weighted by Crippen LogP contribution is -2.42. The normalized spacial score (nSPS) is 15.2. The van der Waals surface area contributed by atoms with Crippen molar-refractivity contribution < 1.29 is 4.79 Å². The molecule has 0 bridgehead atoms. The van der Waals surface area contributed by atoms with Crippen molar-refractivity contribution in [3.05, 3.63) is 30.1 Å². The molecule has 1 N–H and O–H groups in total. The summed E-state index contributed by atoms with van der Waals surface area (Å²) in [5, 5.41) is 9.18. The zero-order valence-electron chi connectivity index (χ0n) is 9.20. The third-order valence-electron chi connectivity index (χ3n) is 1.99. The van der Waals surface area contributed by atoms with Crippen LogP contribution in [0, 0.1) is 0 Å². The molecule has 0 aromatic carbocycles. The highest BCUT2D eigenvalue weighted by Gasteiger charge is 2.16. The average Bonchev–Trinajstić information content (AvgIpc) is 2.32. The molecular formula is C10H12BrN5O. The standard InChI is InChI=1S/C10H11N5O.BrH/c1-8-7-15(10(16)14-13-8)12-6-9-3-2-4-11-5-9;/h2-6H,7H2,1H3,(H,14,16);1H/b12-6+;. The molecule has 90 valence electrons. The molecule has 6 nitrogen and oxygen atoms in total. The van der Waals surface area contributed by atoms with E-state index in [1.54, 1.807) is 18.6 Å². The van der Waals surface area contributed by atoms with Crippen molar-refractivity contribution >= 4 is 34.9 Å². The number of rotatable bonds is 2. The van der Waals surface area contributed by atoms with Crippen LogP contribution in [-0.2, 0) is 0 Å². The topological polar surface area (TPSA) is 70.0 Å². The number of pyridine rings is 1. The minimum atomic E-state index is -0.328. The van der Waals surface area contributed by atoms with Gasteiger partial charge >= 0.3 is 6.03 Å². The SMILES string of the molecule is Br.CC1=NNC(=O)N(/N=C/c2cccnc2)C1. The van der Waals surface area contributed by atoms with E-state index in [1.165, 1.54) is 5.01 Å². The third-order valence-corrected chi connectivity index (χ3v) is 1.99. The summed E-state index contributed by atoms with van der Waals surface area (Å²) >= 11 is 0. The van der Waals surface area contributed by atoms with Crippen LogP contribution < -0.4 is 5.43 Å². The molecule has 0 aliphatic carbocycles. The van der Waals surface area contributed by atoms with Gasteiger partial charge in [-0.3, -0.25) is 4.98 Å². The molecular weight excluding hydrogens is 286 g/mol. The number of aromatic nitrogens is 1. The molecule has 0 saturated heterocycles. The van der Waals surface area contributed by atoms with Crippen LogP contribution in [0.4, 0.5) is 4.79 Å². The predicted molar refractivity (Wildman–Crippen MR) is 70.5 cm³/mol. The Balaban J connectivity index is 0.00000144. The zero-order chi connectivity index (χ0) is 11.4. The maximum Gasteiger partial charge on any atom is 0.358 e. The first kappa shape index (κ1) is 13.3. The fourth-order valence-corrected chi connectivity index (χ4v) is 1.21. The Morgan fingerprint density at radius 2 is 2.41 bits per heavy atom. The fraction of sp³-hybridized carbons (Fsp3) is 0.200. The first-order valence-electron chi connectivity index (χ1n) is 4.80. The van der Waals surface area contributed by atoms with E-state index in [-0.39, 0.29) is 23.0 Å². The van der Waals surface area contributed by atoms with Crippen molar-refractivity contribution in [2.24, 2.45) is 10.2 Å². The molecule has 1 aromatic heterocycles. The van der Waals surface area contributed by atoms with Gasteiger partial charge in [-0.1, -0.05) is 6.07 Å². The smallest absolute Gasteiger partial charge is 0.264 e. The lowest BCUT2D eigenvalue weighted by atomic mass is 10.3. The van der Waals surface area contributed by atoms with Crippen LogP contribution in [-0.4, -0.2) is 34.5 Å². The monoisotopic (exact) mass is 297 g/mol. The van der Waals surface area contributed by atoms with E-state index in [4.69, 9.17) is 0 Å². The number of carbonyl (C=O) groups is 1. The van der Waals surface area contributed by atoms with E-state index >= 15 is 0 Å². The van der Waals surface area contributed by atoms with Crippen molar-refractivity contribution in [3.63, 3.8) is 0 Å². The second-order valence-electron chi connectivity index (χ2n) is 3.35. The lowest BCUT2D eigenvalue weighted by Gasteiger charge is -2.20. The van der Waals surface area contributed by atoms with Crippen molar-refractivity contribution in [3.8, 4) is 0 Å². The van der Waals surface area contributed by atoms with Gasteiger partial charge in [0.1, 0.15) is 0 Å². The van der Waals surface area contributed by atoms with Gasteiger partial charge < -0.3 is 0 Å². The first-order chi connectivity index (χ1) is 7.75. The van der Waals surface area contributed by atoms with Gasteiger partial charge in [0.15, 0.2) is 0 Å². The molecule has 0 spiro atoms. The highest BCUT2D eigenvalue weighted by Crippen LogP contribution is 1.99. The van der Waals surface area contributed by atoms with E-state index in [0.717, 1.165) is 11.3 Å². The Kier molecular flexibility index (Phi) is 4.77. The summed E-state index contributed by atoms with van der Waals surface area (Å²) in [4.78, 5) is 15.3. The number of hydrazone groups is 2.